The molecule has 0 bridgehead atoms. The van der Waals surface area contributed by atoms with Crippen molar-refractivity contribution in [2.24, 2.45) is 0 Å². The fraction of sp³-hybridized carbons (Fsp3) is 0.238. The third-order valence-corrected chi connectivity index (χ3v) is 4.64. The Morgan fingerprint density at radius 3 is 2.08 bits per heavy atom. The minimum atomic E-state index is -1.64. The Morgan fingerprint density at radius 2 is 1.50 bits per heavy atom. The zero-order valence-electron chi connectivity index (χ0n) is 14.6. The molecule has 0 fully saturated rings. The number of hydrogen-bond donors (Lipinski definition) is 0. The zero-order valence-corrected chi connectivity index (χ0v) is 15.4. The Kier molecular flexibility index (Phi) is 5.14. The van der Waals surface area contributed by atoms with E-state index in [1.165, 1.54) is 0 Å². The summed E-state index contributed by atoms with van der Waals surface area (Å²) in [6.45, 7) is 3.75. The van der Waals surface area contributed by atoms with Gasteiger partial charge < -0.3 is 9.47 Å². The number of fused-ring (bicyclic) bond motifs is 1. The molecule has 2 aromatic carbocycles. The van der Waals surface area contributed by atoms with Crippen molar-refractivity contribution in [3.63, 3.8) is 0 Å². The minimum Gasteiger partial charge on any atom is -0.465 e. The Bertz CT molecular complexity index is 850. The topological polar surface area (TPSA) is 52.6 Å². The maximum absolute atomic E-state index is 13.1. The van der Waals surface area contributed by atoms with E-state index in [1.54, 1.807) is 50.2 Å². The standard InChI is InChI=1S/C21H19ClO4/c1-3-25-19(23)21(20(24)26-4-2)17-8-6-5-7-15(17)13-18(21)14-9-11-16(22)12-10-14/h5-13H,3-4H2,1-2H3. The first kappa shape index (κ1) is 18.2. The van der Waals surface area contributed by atoms with Gasteiger partial charge in [0.2, 0.25) is 5.41 Å². The third kappa shape index (κ3) is 2.80. The predicted molar refractivity (Wildman–Crippen MR) is 101 cm³/mol. The quantitative estimate of drug-likeness (QED) is 0.583. The number of esters is 2. The first-order valence-corrected chi connectivity index (χ1v) is 8.85. The lowest BCUT2D eigenvalue weighted by molar-refractivity contribution is -0.161. The van der Waals surface area contributed by atoms with Gasteiger partial charge in [-0.25, -0.2) is 0 Å². The van der Waals surface area contributed by atoms with Crippen molar-refractivity contribution in [3.8, 4) is 0 Å². The maximum atomic E-state index is 13.1. The van der Waals surface area contributed by atoms with Crippen molar-refractivity contribution in [2.45, 2.75) is 19.3 Å². The van der Waals surface area contributed by atoms with E-state index in [4.69, 9.17) is 21.1 Å². The number of carbonyl (C=O) groups is 2. The first-order valence-electron chi connectivity index (χ1n) is 8.47. The summed E-state index contributed by atoms with van der Waals surface area (Å²) in [6.07, 6.45) is 1.84. The molecule has 26 heavy (non-hydrogen) atoms. The molecule has 0 saturated carbocycles. The molecule has 0 N–H and O–H groups in total. The summed E-state index contributed by atoms with van der Waals surface area (Å²) in [5, 5.41) is 0.572. The van der Waals surface area contributed by atoms with E-state index in [0.717, 1.165) is 5.56 Å². The van der Waals surface area contributed by atoms with Crippen LogP contribution >= 0.6 is 11.6 Å². The normalized spacial score (nSPS) is 14.3. The van der Waals surface area contributed by atoms with Crippen LogP contribution in [0, 0.1) is 0 Å². The second-order valence-corrected chi connectivity index (χ2v) is 6.28. The molecule has 0 amide bonds. The van der Waals surface area contributed by atoms with Crippen molar-refractivity contribution >= 4 is 35.2 Å². The monoisotopic (exact) mass is 370 g/mol. The number of rotatable bonds is 5. The SMILES string of the molecule is CCOC(=O)C1(C(=O)OCC)C(c2ccc(Cl)cc2)=Cc2ccccc21. The molecule has 5 heteroatoms. The van der Waals surface area contributed by atoms with E-state index in [2.05, 4.69) is 0 Å². The lowest BCUT2D eigenvalue weighted by Gasteiger charge is -2.29. The summed E-state index contributed by atoms with van der Waals surface area (Å²) < 4.78 is 10.6. The van der Waals surface area contributed by atoms with Crippen molar-refractivity contribution in [2.75, 3.05) is 13.2 Å². The van der Waals surface area contributed by atoms with Gasteiger partial charge in [0.1, 0.15) is 0 Å². The van der Waals surface area contributed by atoms with Crippen LogP contribution in [-0.2, 0) is 24.5 Å². The smallest absolute Gasteiger partial charge is 0.332 e. The summed E-state index contributed by atoms with van der Waals surface area (Å²) in [4.78, 5) is 26.2. The fourth-order valence-corrected chi connectivity index (χ4v) is 3.43. The molecule has 0 radical (unpaired) electrons. The molecular weight excluding hydrogens is 352 g/mol. The van der Waals surface area contributed by atoms with Gasteiger partial charge in [0.05, 0.1) is 13.2 Å². The van der Waals surface area contributed by atoms with Gasteiger partial charge in [-0.1, -0.05) is 48.0 Å². The van der Waals surface area contributed by atoms with Crippen LogP contribution < -0.4 is 0 Å². The van der Waals surface area contributed by atoms with Crippen LogP contribution in [0.5, 0.6) is 0 Å². The summed E-state index contributed by atoms with van der Waals surface area (Å²) in [7, 11) is 0. The Balaban J connectivity index is 2.28. The molecule has 0 heterocycles. The van der Waals surface area contributed by atoms with Crippen molar-refractivity contribution < 1.29 is 19.1 Å². The summed E-state index contributed by atoms with van der Waals surface area (Å²) in [6, 6.07) is 14.3. The molecule has 3 rings (SSSR count). The predicted octanol–water partition coefficient (Wildman–Crippen LogP) is 4.26. The first-order chi connectivity index (χ1) is 12.6. The van der Waals surface area contributed by atoms with Crippen molar-refractivity contribution in [1.29, 1.82) is 0 Å². The van der Waals surface area contributed by atoms with E-state index in [9.17, 15) is 9.59 Å². The van der Waals surface area contributed by atoms with Gasteiger partial charge in [0, 0.05) is 5.02 Å². The van der Waals surface area contributed by atoms with Gasteiger partial charge in [0.15, 0.2) is 0 Å². The van der Waals surface area contributed by atoms with Crippen molar-refractivity contribution in [3.05, 3.63) is 70.2 Å². The largest absolute Gasteiger partial charge is 0.465 e. The molecular formula is C21H19ClO4. The van der Waals surface area contributed by atoms with Crippen LogP contribution in [-0.4, -0.2) is 25.2 Å². The molecule has 0 aliphatic heterocycles. The lowest BCUT2D eigenvalue weighted by atomic mass is 9.74. The molecule has 4 nitrogen and oxygen atoms in total. The Morgan fingerprint density at radius 1 is 0.923 bits per heavy atom. The average molecular weight is 371 g/mol. The van der Waals surface area contributed by atoms with Crippen LogP contribution in [0.2, 0.25) is 5.02 Å². The molecule has 2 aromatic rings. The van der Waals surface area contributed by atoms with Gasteiger partial charge in [0.25, 0.3) is 0 Å². The number of ether oxygens (including phenoxy) is 2. The summed E-state index contributed by atoms with van der Waals surface area (Å²) in [5.74, 6) is -1.27. The lowest BCUT2D eigenvalue weighted by Crippen LogP contribution is -2.46. The number of hydrogen-bond acceptors (Lipinski definition) is 4. The molecule has 1 aliphatic rings. The highest BCUT2D eigenvalue weighted by atomic mass is 35.5. The highest BCUT2D eigenvalue weighted by Crippen LogP contribution is 2.48. The summed E-state index contributed by atoms with van der Waals surface area (Å²) >= 11 is 6.00. The second-order valence-electron chi connectivity index (χ2n) is 5.84. The second kappa shape index (κ2) is 7.34. The van der Waals surface area contributed by atoms with Crippen LogP contribution in [0.4, 0.5) is 0 Å². The van der Waals surface area contributed by atoms with E-state index < -0.39 is 17.4 Å². The third-order valence-electron chi connectivity index (χ3n) is 4.39. The van der Waals surface area contributed by atoms with Gasteiger partial charge >= 0.3 is 11.9 Å². The van der Waals surface area contributed by atoms with E-state index in [1.807, 2.05) is 18.2 Å². The molecule has 0 saturated heterocycles. The van der Waals surface area contributed by atoms with Gasteiger partial charge in [-0.05, 0) is 54.3 Å². The van der Waals surface area contributed by atoms with Gasteiger partial charge in [-0.3, -0.25) is 9.59 Å². The fourth-order valence-electron chi connectivity index (χ4n) is 3.30. The molecule has 0 atom stereocenters. The highest BCUT2D eigenvalue weighted by Gasteiger charge is 2.57. The molecule has 0 spiro atoms. The number of carbonyl (C=O) groups excluding carboxylic acids is 2. The molecule has 0 aromatic heterocycles. The van der Waals surface area contributed by atoms with Crippen LogP contribution in [0.3, 0.4) is 0 Å². The van der Waals surface area contributed by atoms with Crippen molar-refractivity contribution in [1.82, 2.24) is 0 Å². The molecule has 134 valence electrons. The van der Waals surface area contributed by atoms with Crippen LogP contribution in [0.25, 0.3) is 11.6 Å². The molecule has 1 aliphatic carbocycles. The zero-order chi connectivity index (χ0) is 18.7. The summed E-state index contributed by atoms with van der Waals surface area (Å²) in [5.41, 5.74) is 0.968. The van der Waals surface area contributed by atoms with E-state index >= 15 is 0 Å². The number of halogens is 1. The average Bonchev–Trinajstić information content (AvgIpc) is 2.99. The Hall–Kier alpha value is -2.59. The van der Waals surface area contributed by atoms with E-state index in [0.29, 0.717) is 21.7 Å². The van der Waals surface area contributed by atoms with E-state index in [-0.39, 0.29) is 13.2 Å². The maximum Gasteiger partial charge on any atom is 0.332 e. The minimum absolute atomic E-state index is 0.163. The number of benzene rings is 2. The highest BCUT2D eigenvalue weighted by molar-refractivity contribution is 6.30. The Labute approximate surface area is 157 Å². The van der Waals surface area contributed by atoms with Gasteiger partial charge in [-0.2, -0.15) is 0 Å². The van der Waals surface area contributed by atoms with Gasteiger partial charge in [-0.15, -0.1) is 0 Å². The molecule has 0 unspecified atom stereocenters. The van der Waals surface area contributed by atoms with Crippen LogP contribution in [0.15, 0.2) is 48.5 Å². The van der Waals surface area contributed by atoms with Crippen LogP contribution in [0.1, 0.15) is 30.5 Å².